The highest BCUT2D eigenvalue weighted by atomic mass is 16.3. The number of nitrogens with one attached hydrogen (secondary N) is 2. The van der Waals surface area contributed by atoms with E-state index in [0.29, 0.717) is 5.39 Å². The Labute approximate surface area is 179 Å². The molecule has 7 nitrogen and oxygen atoms in total. The lowest BCUT2D eigenvalue weighted by atomic mass is 10.0. The van der Waals surface area contributed by atoms with E-state index in [0.717, 1.165) is 5.56 Å². The van der Waals surface area contributed by atoms with Crippen LogP contribution in [-0.2, 0) is 16.0 Å². The molecule has 2 aromatic carbocycles. The van der Waals surface area contributed by atoms with Crippen LogP contribution in [0.5, 0.6) is 0 Å². The summed E-state index contributed by atoms with van der Waals surface area (Å²) in [6, 6.07) is 14.3. The summed E-state index contributed by atoms with van der Waals surface area (Å²) in [4.78, 5) is 50.7. The lowest BCUT2D eigenvalue weighted by Gasteiger charge is -2.18. The number of fused-ring (bicyclic) bond motifs is 1. The number of hydrogen-bond donors (Lipinski definition) is 2. The normalized spacial score (nSPS) is 11.9. The van der Waals surface area contributed by atoms with Crippen LogP contribution in [0.2, 0.25) is 0 Å². The Morgan fingerprint density at radius 1 is 0.935 bits per heavy atom. The van der Waals surface area contributed by atoms with Gasteiger partial charge in [0.1, 0.15) is 11.6 Å². The van der Waals surface area contributed by atoms with Gasteiger partial charge in [-0.3, -0.25) is 19.2 Å². The molecule has 0 aliphatic carbocycles. The van der Waals surface area contributed by atoms with Crippen molar-refractivity contribution in [1.82, 2.24) is 10.6 Å². The summed E-state index contributed by atoms with van der Waals surface area (Å²) in [6.45, 7) is 4.97. The molecule has 0 radical (unpaired) electrons. The Balaban J connectivity index is 1.93. The van der Waals surface area contributed by atoms with Crippen molar-refractivity contribution in [2.24, 2.45) is 0 Å². The van der Waals surface area contributed by atoms with Crippen LogP contribution in [0.15, 0.2) is 63.8 Å². The smallest absolute Gasteiger partial charge is 0.289 e. The molecule has 0 bridgehead atoms. The van der Waals surface area contributed by atoms with Gasteiger partial charge in [-0.05, 0) is 38.5 Å². The zero-order valence-electron chi connectivity index (χ0n) is 17.6. The molecule has 1 atom stereocenters. The zero-order chi connectivity index (χ0) is 22.5. The van der Waals surface area contributed by atoms with Crippen molar-refractivity contribution in [1.29, 1.82) is 0 Å². The molecule has 3 aromatic rings. The molecule has 2 amide bonds. The molecule has 0 aliphatic rings. The Morgan fingerprint density at radius 2 is 1.58 bits per heavy atom. The number of para-hydroxylation sites is 1. The van der Waals surface area contributed by atoms with Gasteiger partial charge in [-0.25, -0.2) is 0 Å². The fraction of sp³-hybridized carbons (Fsp3) is 0.250. The van der Waals surface area contributed by atoms with E-state index in [1.54, 1.807) is 62.4 Å². The van der Waals surface area contributed by atoms with Gasteiger partial charge < -0.3 is 15.1 Å². The molecule has 0 spiro atoms. The van der Waals surface area contributed by atoms with Gasteiger partial charge >= 0.3 is 0 Å². The van der Waals surface area contributed by atoms with Crippen molar-refractivity contribution < 1.29 is 18.8 Å². The predicted molar refractivity (Wildman–Crippen MR) is 117 cm³/mol. The number of Topliss-reactive ketones (excluding diaryl/α,β-unsaturated/α-hetero) is 1. The SMILES string of the molecule is Cc1c(C(=O)N[C@@H](Cc2ccccc2)C(=O)C(=O)NC(C)C)oc2ccccc2c1=O. The average Bonchev–Trinajstić information content (AvgIpc) is 2.75. The summed E-state index contributed by atoms with van der Waals surface area (Å²) in [5, 5.41) is 5.51. The van der Waals surface area contributed by atoms with Gasteiger partial charge in [0.2, 0.25) is 5.78 Å². The molecule has 1 heterocycles. The fourth-order valence-corrected chi connectivity index (χ4v) is 3.23. The third-order valence-electron chi connectivity index (χ3n) is 4.78. The van der Waals surface area contributed by atoms with Gasteiger partial charge in [-0.15, -0.1) is 0 Å². The molecule has 3 rings (SSSR count). The minimum Gasteiger partial charge on any atom is -0.450 e. The third-order valence-corrected chi connectivity index (χ3v) is 4.78. The van der Waals surface area contributed by atoms with E-state index in [1.165, 1.54) is 6.92 Å². The first-order chi connectivity index (χ1) is 14.8. The fourth-order valence-electron chi connectivity index (χ4n) is 3.23. The molecule has 7 heteroatoms. The van der Waals surface area contributed by atoms with Gasteiger partial charge in [0, 0.05) is 18.0 Å². The summed E-state index contributed by atoms with van der Waals surface area (Å²) in [5.74, 6) is -2.47. The van der Waals surface area contributed by atoms with Crippen LogP contribution >= 0.6 is 0 Å². The number of carbonyl (C=O) groups excluding carboxylic acids is 3. The molecule has 0 saturated heterocycles. The van der Waals surface area contributed by atoms with Crippen molar-refractivity contribution in [2.45, 2.75) is 39.3 Å². The monoisotopic (exact) mass is 420 g/mol. The predicted octanol–water partition coefficient (Wildman–Crippen LogP) is 2.54. The molecular weight excluding hydrogens is 396 g/mol. The summed E-state index contributed by atoms with van der Waals surface area (Å²) in [6.07, 6.45) is 0.119. The van der Waals surface area contributed by atoms with Crippen LogP contribution < -0.4 is 16.1 Å². The summed E-state index contributed by atoms with van der Waals surface area (Å²) in [5.41, 5.74) is 0.853. The van der Waals surface area contributed by atoms with Gasteiger partial charge in [0.15, 0.2) is 11.2 Å². The number of benzene rings is 2. The molecule has 2 N–H and O–H groups in total. The largest absolute Gasteiger partial charge is 0.450 e. The van der Waals surface area contributed by atoms with E-state index in [9.17, 15) is 19.2 Å². The Bertz CT molecular complexity index is 1180. The van der Waals surface area contributed by atoms with E-state index in [4.69, 9.17) is 4.42 Å². The Morgan fingerprint density at radius 3 is 2.26 bits per heavy atom. The molecule has 0 aliphatic heterocycles. The topological polar surface area (TPSA) is 105 Å². The van der Waals surface area contributed by atoms with Crippen LogP contribution in [0.3, 0.4) is 0 Å². The van der Waals surface area contributed by atoms with E-state index in [-0.39, 0.29) is 34.8 Å². The average molecular weight is 420 g/mol. The molecule has 1 aromatic heterocycles. The molecular formula is C24H24N2O5. The quantitative estimate of drug-likeness (QED) is 0.572. The first-order valence-corrected chi connectivity index (χ1v) is 10.00. The van der Waals surface area contributed by atoms with Crippen LogP contribution in [0.4, 0.5) is 0 Å². The minimum absolute atomic E-state index is 0.119. The maximum absolute atomic E-state index is 13.0. The van der Waals surface area contributed by atoms with Crippen LogP contribution in [0.25, 0.3) is 11.0 Å². The first-order valence-electron chi connectivity index (χ1n) is 10.00. The first kappa shape index (κ1) is 22.0. The second kappa shape index (κ2) is 9.38. The maximum Gasteiger partial charge on any atom is 0.289 e. The van der Waals surface area contributed by atoms with Crippen LogP contribution in [0.1, 0.15) is 35.5 Å². The zero-order valence-corrected chi connectivity index (χ0v) is 17.6. The number of hydrogen-bond acceptors (Lipinski definition) is 5. The molecule has 0 saturated carbocycles. The Kier molecular flexibility index (Phi) is 6.65. The summed E-state index contributed by atoms with van der Waals surface area (Å²) < 4.78 is 5.67. The number of amides is 2. The number of ketones is 1. The summed E-state index contributed by atoms with van der Waals surface area (Å²) >= 11 is 0. The third kappa shape index (κ3) is 5.06. The van der Waals surface area contributed by atoms with E-state index in [2.05, 4.69) is 10.6 Å². The standard InChI is InChI=1S/C24H24N2O5/c1-14(2)25-23(29)21(28)18(13-16-9-5-4-6-10-16)26-24(30)22-15(3)20(27)17-11-7-8-12-19(17)31-22/h4-12,14,18H,13H2,1-3H3,(H,25,29)(H,26,30)/t18-/m0/s1. The molecule has 0 unspecified atom stereocenters. The lowest BCUT2D eigenvalue weighted by Crippen LogP contribution is -2.50. The van der Waals surface area contributed by atoms with E-state index in [1.807, 2.05) is 6.07 Å². The lowest BCUT2D eigenvalue weighted by molar-refractivity contribution is -0.139. The van der Waals surface area contributed by atoms with Gasteiger partial charge in [-0.1, -0.05) is 42.5 Å². The number of carbonyl (C=O) groups is 3. The van der Waals surface area contributed by atoms with Crippen molar-refractivity contribution in [3.63, 3.8) is 0 Å². The second-order valence-corrected chi connectivity index (χ2v) is 7.59. The maximum atomic E-state index is 13.0. The second-order valence-electron chi connectivity index (χ2n) is 7.59. The van der Waals surface area contributed by atoms with E-state index < -0.39 is 23.6 Å². The molecule has 160 valence electrons. The highest BCUT2D eigenvalue weighted by Crippen LogP contribution is 2.15. The van der Waals surface area contributed by atoms with E-state index >= 15 is 0 Å². The van der Waals surface area contributed by atoms with Gasteiger partial charge in [0.25, 0.3) is 11.8 Å². The molecule has 31 heavy (non-hydrogen) atoms. The number of rotatable bonds is 7. The van der Waals surface area contributed by atoms with Crippen LogP contribution in [0, 0.1) is 6.92 Å². The molecule has 0 fully saturated rings. The van der Waals surface area contributed by atoms with Gasteiger partial charge in [-0.2, -0.15) is 0 Å². The van der Waals surface area contributed by atoms with Crippen LogP contribution in [-0.4, -0.2) is 29.7 Å². The Hall–Kier alpha value is -3.74. The van der Waals surface area contributed by atoms with Crippen molar-refractivity contribution in [3.8, 4) is 0 Å². The minimum atomic E-state index is -1.12. The van der Waals surface area contributed by atoms with Crippen molar-refractivity contribution >= 4 is 28.6 Å². The summed E-state index contributed by atoms with van der Waals surface area (Å²) in [7, 11) is 0. The highest BCUT2D eigenvalue weighted by molar-refractivity contribution is 6.38. The van der Waals surface area contributed by atoms with Gasteiger partial charge in [0.05, 0.1) is 5.39 Å². The van der Waals surface area contributed by atoms with Crippen molar-refractivity contribution in [3.05, 3.63) is 81.7 Å². The van der Waals surface area contributed by atoms with Crippen molar-refractivity contribution in [2.75, 3.05) is 0 Å². The highest BCUT2D eigenvalue weighted by Gasteiger charge is 2.29.